The van der Waals surface area contributed by atoms with Crippen LogP contribution in [-0.4, -0.2) is 37.6 Å². The van der Waals surface area contributed by atoms with E-state index in [-0.39, 0.29) is 11.8 Å². The van der Waals surface area contributed by atoms with Gasteiger partial charge in [-0.3, -0.25) is 4.79 Å². The third kappa shape index (κ3) is 4.11. The molecular weight excluding hydrogens is 384 g/mol. The molecule has 1 N–H and O–H groups in total. The summed E-state index contributed by atoms with van der Waals surface area (Å²) in [5.74, 6) is 0.614. The molecule has 160 valence electrons. The number of hydrogen-bond acceptors (Lipinski definition) is 3. The topological polar surface area (TPSA) is 66.5 Å². The molecule has 1 aliphatic heterocycles. The number of piperidine rings is 1. The van der Waals surface area contributed by atoms with Gasteiger partial charge in [0.2, 0.25) is 15.9 Å². The van der Waals surface area contributed by atoms with Gasteiger partial charge in [-0.05, 0) is 50.5 Å². The minimum absolute atomic E-state index is 0.107. The van der Waals surface area contributed by atoms with Crippen molar-refractivity contribution in [1.29, 1.82) is 0 Å². The van der Waals surface area contributed by atoms with Crippen molar-refractivity contribution in [2.24, 2.45) is 11.8 Å². The monoisotopic (exact) mass is 418 g/mol. The molecule has 1 saturated heterocycles. The molecule has 2 saturated carbocycles. The van der Waals surface area contributed by atoms with Crippen LogP contribution in [0.1, 0.15) is 69.4 Å². The minimum atomic E-state index is -3.52. The number of hydrogen-bond donors (Lipinski definition) is 1. The molecule has 1 amide bonds. The fourth-order valence-electron chi connectivity index (χ4n) is 5.44. The van der Waals surface area contributed by atoms with Crippen LogP contribution in [0.4, 0.5) is 0 Å². The van der Waals surface area contributed by atoms with Crippen LogP contribution in [0.5, 0.6) is 0 Å². The van der Waals surface area contributed by atoms with E-state index in [1.54, 1.807) is 0 Å². The molecule has 1 heterocycles. The highest BCUT2D eigenvalue weighted by Gasteiger charge is 2.57. The fourth-order valence-corrected chi connectivity index (χ4v) is 7.34. The van der Waals surface area contributed by atoms with E-state index in [9.17, 15) is 13.2 Å². The molecule has 3 unspecified atom stereocenters. The number of nitrogens with zero attached hydrogens (tertiary/aromatic N) is 1. The zero-order valence-corrected chi connectivity index (χ0v) is 18.5. The van der Waals surface area contributed by atoms with Crippen LogP contribution in [0.3, 0.4) is 0 Å². The number of carbonyl (C=O) groups is 1. The molecule has 1 aromatic carbocycles. The Balaban J connectivity index is 1.50. The lowest BCUT2D eigenvalue weighted by Gasteiger charge is -2.35. The molecule has 2 aliphatic carbocycles. The first-order chi connectivity index (χ1) is 13.9. The normalized spacial score (nSPS) is 30.5. The molecular formula is C23H34N2O3S. The zero-order valence-electron chi connectivity index (χ0n) is 17.7. The van der Waals surface area contributed by atoms with Crippen molar-refractivity contribution in [3.8, 4) is 0 Å². The Bertz CT molecular complexity index is 863. The molecule has 0 spiro atoms. The highest BCUT2D eigenvalue weighted by molar-refractivity contribution is 7.90. The average molecular weight is 419 g/mol. The van der Waals surface area contributed by atoms with E-state index in [2.05, 4.69) is 17.7 Å². The number of rotatable bonds is 6. The van der Waals surface area contributed by atoms with Crippen LogP contribution in [0.25, 0.3) is 0 Å². The summed E-state index contributed by atoms with van der Waals surface area (Å²) < 4.78 is 29.9. The van der Waals surface area contributed by atoms with Crippen LogP contribution < -0.4 is 4.72 Å². The maximum absolute atomic E-state index is 13.4. The standard InChI is InChI=1S/C23H34N2O3S/c1-3-19-15-23(19,20-11-6-8-17(2)14-20)24-29(27,28)21-12-7-13-25(16-21)22(26)18-9-4-5-10-18/h6,8,11,14,18-19,21,24H,3-5,7,9-10,12-13,15-16H2,1-2H3. The van der Waals surface area contributed by atoms with Crippen molar-refractivity contribution < 1.29 is 13.2 Å². The molecule has 3 aliphatic rings. The largest absolute Gasteiger partial charge is 0.341 e. The Morgan fingerprint density at radius 3 is 2.62 bits per heavy atom. The molecule has 6 heteroatoms. The summed E-state index contributed by atoms with van der Waals surface area (Å²) in [6, 6.07) is 8.20. The number of likely N-dealkylation sites (tertiary alicyclic amines) is 1. The van der Waals surface area contributed by atoms with E-state index >= 15 is 0 Å². The number of sulfonamides is 1. The summed E-state index contributed by atoms with van der Waals surface area (Å²) in [4.78, 5) is 14.7. The smallest absolute Gasteiger partial charge is 0.225 e. The van der Waals surface area contributed by atoms with Gasteiger partial charge >= 0.3 is 0 Å². The maximum atomic E-state index is 13.4. The molecule has 0 aromatic heterocycles. The van der Waals surface area contributed by atoms with Gasteiger partial charge in [0.15, 0.2) is 0 Å². The Morgan fingerprint density at radius 2 is 1.97 bits per heavy atom. The van der Waals surface area contributed by atoms with Crippen molar-refractivity contribution in [1.82, 2.24) is 9.62 Å². The molecule has 0 radical (unpaired) electrons. The number of aryl methyl sites for hydroxylation is 1. The van der Waals surface area contributed by atoms with Gasteiger partial charge in [0.1, 0.15) is 0 Å². The summed E-state index contributed by atoms with van der Waals surface area (Å²) in [6.07, 6.45) is 7.34. The third-order valence-electron chi connectivity index (χ3n) is 7.29. The van der Waals surface area contributed by atoms with Crippen molar-refractivity contribution >= 4 is 15.9 Å². The Hall–Kier alpha value is -1.40. The van der Waals surface area contributed by atoms with Crippen LogP contribution in [0.15, 0.2) is 24.3 Å². The predicted molar refractivity (Wildman–Crippen MR) is 115 cm³/mol. The number of carbonyl (C=O) groups excluding carboxylic acids is 1. The third-order valence-corrected chi connectivity index (χ3v) is 9.20. The van der Waals surface area contributed by atoms with Crippen LogP contribution in [-0.2, 0) is 20.4 Å². The molecule has 29 heavy (non-hydrogen) atoms. The van der Waals surface area contributed by atoms with E-state index < -0.39 is 20.8 Å². The van der Waals surface area contributed by atoms with Gasteiger partial charge in [-0.1, -0.05) is 56.0 Å². The molecule has 4 rings (SSSR count). The van der Waals surface area contributed by atoms with Gasteiger partial charge in [0.25, 0.3) is 0 Å². The molecule has 5 nitrogen and oxygen atoms in total. The van der Waals surface area contributed by atoms with Gasteiger partial charge < -0.3 is 4.90 Å². The number of nitrogens with one attached hydrogen (secondary N) is 1. The first-order valence-corrected chi connectivity index (χ1v) is 12.8. The van der Waals surface area contributed by atoms with Crippen LogP contribution in [0, 0.1) is 18.8 Å². The van der Waals surface area contributed by atoms with Gasteiger partial charge in [0.05, 0.1) is 10.8 Å². The maximum Gasteiger partial charge on any atom is 0.225 e. The first kappa shape index (κ1) is 20.9. The van der Waals surface area contributed by atoms with Gasteiger partial charge in [0, 0.05) is 19.0 Å². The highest BCUT2D eigenvalue weighted by atomic mass is 32.2. The van der Waals surface area contributed by atoms with Crippen molar-refractivity contribution in [2.75, 3.05) is 13.1 Å². The zero-order chi connectivity index (χ0) is 20.6. The van der Waals surface area contributed by atoms with Gasteiger partial charge in [-0.25, -0.2) is 13.1 Å². The highest BCUT2D eigenvalue weighted by Crippen LogP contribution is 2.54. The predicted octanol–water partition coefficient (Wildman–Crippen LogP) is 3.72. The SMILES string of the molecule is CCC1CC1(NS(=O)(=O)C1CCCN(C(=O)C2CCCC2)C1)c1cccc(C)c1. The lowest BCUT2D eigenvalue weighted by Crippen LogP contribution is -2.51. The number of amides is 1. The summed E-state index contributed by atoms with van der Waals surface area (Å²) in [6.45, 7) is 5.20. The Kier molecular flexibility index (Phi) is 5.77. The molecule has 3 atom stereocenters. The Labute approximate surface area is 175 Å². The molecule has 1 aromatic rings. The van der Waals surface area contributed by atoms with E-state index in [4.69, 9.17) is 0 Å². The van der Waals surface area contributed by atoms with E-state index in [0.29, 0.717) is 25.4 Å². The van der Waals surface area contributed by atoms with E-state index in [0.717, 1.165) is 56.1 Å². The average Bonchev–Trinajstić information content (AvgIpc) is 3.14. The molecule has 0 bridgehead atoms. The van der Waals surface area contributed by atoms with Gasteiger partial charge in [-0.15, -0.1) is 0 Å². The summed E-state index contributed by atoms with van der Waals surface area (Å²) in [5.41, 5.74) is 1.74. The summed E-state index contributed by atoms with van der Waals surface area (Å²) in [5, 5.41) is -0.513. The second-order valence-electron chi connectivity index (χ2n) is 9.33. The minimum Gasteiger partial charge on any atom is -0.341 e. The van der Waals surface area contributed by atoms with Crippen LogP contribution >= 0.6 is 0 Å². The van der Waals surface area contributed by atoms with E-state index in [1.165, 1.54) is 0 Å². The quantitative estimate of drug-likeness (QED) is 0.766. The van der Waals surface area contributed by atoms with E-state index in [1.807, 2.05) is 30.0 Å². The lowest BCUT2D eigenvalue weighted by atomic mass is 10.0. The fraction of sp³-hybridized carbons (Fsp3) is 0.696. The second kappa shape index (κ2) is 8.03. The first-order valence-electron chi connectivity index (χ1n) is 11.2. The van der Waals surface area contributed by atoms with Crippen molar-refractivity contribution in [3.05, 3.63) is 35.4 Å². The van der Waals surface area contributed by atoms with Crippen molar-refractivity contribution in [3.63, 3.8) is 0 Å². The second-order valence-corrected chi connectivity index (χ2v) is 11.3. The Morgan fingerprint density at radius 1 is 1.21 bits per heavy atom. The summed E-state index contributed by atoms with van der Waals surface area (Å²) >= 11 is 0. The van der Waals surface area contributed by atoms with Crippen molar-refractivity contribution in [2.45, 2.75) is 76.0 Å². The van der Waals surface area contributed by atoms with Gasteiger partial charge in [-0.2, -0.15) is 0 Å². The lowest BCUT2D eigenvalue weighted by molar-refractivity contribution is -0.136. The number of benzene rings is 1. The summed E-state index contributed by atoms with van der Waals surface area (Å²) in [7, 11) is -3.52. The molecule has 3 fully saturated rings. The van der Waals surface area contributed by atoms with Crippen LogP contribution in [0.2, 0.25) is 0 Å².